The van der Waals surface area contributed by atoms with E-state index in [1.165, 1.54) is 0 Å². The fourth-order valence-corrected chi connectivity index (χ4v) is 2.62. The molecule has 6 heteroatoms. The predicted molar refractivity (Wildman–Crippen MR) is 53.0 cm³/mol. The molecule has 2 atom stereocenters. The number of carbonyl (C=O) groups excluding carboxylic acids is 2. The van der Waals surface area contributed by atoms with Crippen LogP contribution in [-0.4, -0.2) is 35.4 Å². The Bertz CT molecular complexity index is 389. The molecule has 0 spiro atoms. The summed E-state index contributed by atoms with van der Waals surface area (Å²) in [5.41, 5.74) is 0.556. The molecule has 0 N–H and O–H groups in total. The van der Waals surface area contributed by atoms with Crippen LogP contribution in [0.2, 0.25) is 0 Å². The van der Waals surface area contributed by atoms with Crippen LogP contribution < -0.4 is 0 Å². The van der Waals surface area contributed by atoms with Crippen LogP contribution in [0.5, 0.6) is 0 Å². The van der Waals surface area contributed by atoms with Gasteiger partial charge in [-0.1, -0.05) is 12.2 Å². The summed E-state index contributed by atoms with van der Waals surface area (Å²) in [5, 5.41) is 0. The highest BCUT2D eigenvalue weighted by Gasteiger charge is 2.50. The highest BCUT2D eigenvalue weighted by molar-refractivity contribution is 5.85. The average Bonchev–Trinajstić information content (AvgIpc) is 2.53. The van der Waals surface area contributed by atoms with Crippen molar-refractivity contribution in [2.45, 2.75) is 31.5 Å². The number of amides is 1. The summed E-state index contributed by atoms with van der Waals surface area (Å²) in [5.74, 6) is -2.07. The molecule has 94 valence electrons. The van der Waals surface area contributed by atoms with Crippen molar-refractivity contribution in [3.63, 3.8) is 0 Å². The summed E-state index contributed by atoms with van der Waals surface area (Å²) in [7, 11) is 0. The third-order valence-electron chi connectivity index (χ3n) is 3.43. The van der Waals surface area contributed by atoms with Gasteiger partial charge in [0, 0.05) is 31.3 Å². The van der Waals surface area contributed by atoms with Crippen molar-refractivity contribution in [1.29, 1.82) is 0 Å². The molecule has 3 nitrogen and oxygen atoms in total. The van der Waals surface area contributed by atoms with Gasteiger partial charge in [-0.15, -0.1) is 0 Å². The molecular formula is C11H12F3NO2. The molecular weight excluding hydrogens is 235 g/mol. The predicted octanol–water partition coefficient (Wildman–Crippen LogP) is 1.68. The average molecular weight is 247 g/mol. The van der Waals surface area contributed by atoms with Crippen LogP contribution in [-0.2, 0) is 9.59 Å². The minimum atomic E-state index is -4.85. The zero-order valence-electron chi connectivity index (χ0n) is 9.09. The van der Waals surface area contributed by atoms with E-state index in [1.54, 1.807) is 0 Å². The second-order valence-electron chi connectivity index (χ2n) is 4.54. The Hall–Kier alpha value is -1.33. The molecule has 1 aliphatic carbocycles. The van der Waals surface area contributed by atoms with Gasteiger partial charge in [0.25, 0.3) is 0 Å². The molecule has 0 aromatic rings. The standard InChI is InChI=1S/C11H12F3NO2/c1-6-5-15(10(17)11(12,13)14)9-3-2-7(16)4-8(6)9/h8-9H,1-5H2/t8-,9-/m1/s1. The van der Waals surface area contributed by atoms with E-state index in [0.717, 1.165) is 4.90 Å². The Kier molecular flexibility index (Phi) is 2.75. The summed E-state index contributed by atoms with van der Waals surface area (Å²) in [6.45, 7) is 3.59. The summed E-state index contributed by atoms with van der Waals surface area (Å²) < 4.78 is 37.1. The lowest BCUT2D eigenvalue weighted by Gasteiger charge is -2.31. The first kappa shape index (κ1) is 12.1. The highest BCUT2D eigenvalue weighted by Crippen LogP contribution is 2.39. The summed E-state index contributed by atoms with van der Waals surface area (Å²) in [6.07, 6.45) is -4.08. The van der Waals surface area contributed by atoms with E-state index in [-0.39, 0.29) is 31.1 Å². The molecule has 0 radical (unpaired) electrons. The van der Waals surface area contributed by atoms with Gasteiger partial charge in [0.1, 0.15) is 5.78 Å². The minimum Gasteiger partial charge on any atom is -0.327 e. The van der Waals surface area contributed by atoms with E-state index in [1.807, 2.05) is 0 Å². The summed E-state index contributed by atoms with van der Waals surface area (Å²) >= 11 is 0. The van der Waals surface area contributed by atoms with Gasteiger partial charge in [-0.05, 0) is 6.42 Å². The van der Waals surface area contributed by atoms with Gasteiger partial charge >= 0.3 is 12.1 Å². The van der Waals surface area contributed by atoms with Crippen LogP contribution in [0, 0.1) is 5.92 Å². The quantitative estimate of drug-likeness (QED) is 0.611. The Balaban J connectivity index is 2.20. The fourth-order valence-electron chi connectivity index (χ4n) is 2.62. The van der Waals surface area contributed by atoms with E-state index in [4.69, 9.17) is 0 Å². The molecule has 0 aromatic heterocycles. The van der Waals surface area contributed by atoms with Crippen molar-refractivity contribution < 1.29 is 22.8 Å². The van der Waals surface area contributed by atoms with Gasteiger partial charge in [0.05, 0.1) is 0 Å². The SMILES string of the molecule is C=C1CN(C(=O)C(F)(F)F)[C@@H]2CCC(=O)C[C@H]12. The van der Waals surface area contributed by atoms with E-state index in [2.05, 4.69) is 6.58 Å². The Morgan fingerprint density at radius 3 is 2.65 bits per heavy atom. The number of carbonyl (C=O) groups is 2. The third-order valence-corrected chi connectivity index (χ3v) is 3.43. The van der Waals surface area contributed by atoms with Crippen LogP contribution in [0.25, 0.3) is 0 Å². The fraction of sp³-hybridized carbons (Fsp3) is 0.636. The van der Waals surface area contributed by atoms with Crippen molar-refractivity contribution in [3.8, 4) is 0 Å². The Morgan fingerprint density at radius 2 is 2.06 bits per heavy atom. The number of halogens is 3. The topological polar surface area (TPSA) is 37.4 Å². The third kappa shape index (κ3) is 2.08. The first-order valence-electron chi connectivity index (χ1n) is 5.38. The van der Waals surface area contributed by atoms with Crippen molar-refractivity contribution in [1.82, 2.24) is 4.90 Å². The van der Waals surface area contributed by atoms with Gasteiger partial charge in [-0.2, -0.15) is 13.2 Å². The zero-order chi connectivity index (χ0) is 12.8. The Morgan fingerprint density at radius 1 is 1.41 bits per heavy atom. The lowest BCUT2D eigenvalue weighted by molar-refractivity contribution is -0.187. The molecule has 2 fully saturated rings. The molecule has 2 rings (SSSR count). The normalized spacial score (nSPS) is 29.5. The molecule has 0 unspecified atom stereocenters. The maximum absolute atomic E-state index is 12.4. The van der Waals surface area contributed by atoms with Gasteiger partial charge in [0.2, 0.25) is 0 Å². The van der Waals surface area contributed by atoms with Crippen molar-refractivity contribution in [2.75, 3.05) is 6.54 Å². The van der Waals surface area contributed by atoms with E-state index in [0.29, 0.717) is 12.0 Å². The second-order valence-corrected chi connectivity index (χ2v) is 4.54. The molecule has 0 bridgehead atoms. The molecule has 1 aliphatic heterocycles. The van der Waals surface area contributed by atoms with E-state index < -0.39 is 18.1 Å². The number of rotatable bonds is 0. The van der Waals surface area contributed by atoms with Crippen molar-refractivity contribution in [2.24, 2.45) is 5.92 Å². The second kappa shape index (κ2) is 3.85. The van der Waals surface area contributed by atoms with Gasteiger partial charge in [0.15, 0.2) is 0 Å². The largest absolute Gasteiger partial charge is 0.471 e. The van der Waals surface area contributed by atoms with Crippen LogP contribution >= 0.6 is 0 Å². The van der Waals surface area contributed by atoms with Crippen LogP contribution in [0.1, 0.15) is 19.3 Å². The van der Waals surface area contributed by atoms with E-state index >= 15 is 0 Å². The van der Waals surface area contributed by atoms with Gasteiger partial charge in [-0.3, -0.25) is 9.59 Å². The summed E-state index contributed by atoms with van der Waals surface area (Å²) in [6, 6.07) is -0.505. The number of alkyl halides is 3. The molecule has 1 saturated carbocycles. The highest BCUT2D eigenvalue weighted by atomic mass is 19.4. The lowest BCUT2D eigenvalue weighted by Crippen LogP contribution is -2.46. The number of hydrogen-bond acceptors (Lipinski definition) is 2. The van der Waals surface area contributed by atoms with Crippen LogP contribution in [0.4, 0.5) is 13.2 Å². The number of likely N-dealkylation sites (tertiary alicyclic amines) is 1. The first-order chi connectivity index (χ1) is 7.80. The van der Waals surface area contributed by atoms with Crippen molar-refractivity contribution >= 4 is 11.7 Å². The first-order valence-corrected chi connectivity index (χ1v) is 5.38. The smallest absolute Gasteiger partial charge is 0.327 e. The molecule has 1 saturated heterocycles. The number of hydrogen-bond donors (Lipinski definition) is 0. The van der Waals surface area contributed by atoms with Gasteiger partial charge < -0.3 is 4.90 Å². The van der Waals surface area contributed by atoms with Crippen molar-refractivity contribution in [3.05, 3.63) is 12.2 Å². The van der Waals surface area contributed by atoms with E-state index in [9.17, 15) is 22.8 Å². The molecule has 0 aromatic carbocycles. The number of Topliss-reactive ketones (excluding diaryl/α,β-unsaturated/α-hetero) is 1. The minimum absolute atomic E-state index is 0.0358. The zero-order valence-corrected chi connectivity index (χ0v) is 9.09. The van der Waals surface area contributed by atoms with Gasteiger partial charge in [-0.25, -0.2) is 0 Å². The number of nitrogens with zero attached hydrogens (tertiary/aromatic N) is 1. The maximum atomic E-state index is 12.4. The molecule has 2 aliphatic rings. The van der Waals surface area contributed by atoms with Crippen LogP contribution in [0.3, 0.4) is 0 Å². The monoisotopic (exact) mass is 247 g/mol. The molecule has 1 amide bonds. The lowest BCUT2D eigenvalue weighted by atomic mass is 9.82. The molecule has 17 heavy (non-hydrogen) atoms. The van der Waals surface area contributed by atoms with Crippen LogP contribution in [0.15, 0.2) is 12.2 Å². The Labute approximate surface area is 96.3 Å². The summed E-state index contributed by atoms with van der Waals surface area (Å²) in [4.78, 5) is 23.3. The molecule has 1 heterocycles. The number of fused-ring (bicyclic) bond motifs is 1. The maximum Gasteiger partial charge on any atom is 0.471 e. The number of ketones is 1.